The fraction of sp³-hybridized carbons (Fsp3) is 0.500. The van der Waals surface area contributed by atoms with Crippen LogP contribution in [0.15, 0.2) is 24.3 Å². The van der Waals surface area contributed by atoms with E-state index < -0.39 is 6.04 Å². The summed E-state index contributed by atoms with van der Waals surface area (Å²) in [6, 6.07) is 6.80. The molecule has 1 saturated heterocycles. The van der Waals surface area contributed by atoms with Gasteiger partial charge in [-0.2, -0.15) is 0 Å². The maximum Gasteiger partial charge on any atom is 0.240 e. The van der Waals surface area contributed by atoms with Crippen molar-refractivity contribution in [1.29, 1.82) is 0 Å². The molecule has 0 aromatic heterocycles. The second kappa shape index (κ2) is 8.86. The first-order valence-corrected chi connectivity index (χ1v) is 7.57. The number of anilines is 1. The van der Waals surface area contributed by atoms with Crippen LogP contribution in [0.2, 0.25) is 0 Å². The number of likely N-dealkylation sites (N-methyl/N-ethyl adjacent to an activating group) is 1. The van der Waals surface area contributed by atoms with Crippen LogP contribution in [0.25, 0.3) is 0 Å². The summed E-state index contributed by atoms with van der Waals surface area (Å²) < 4.78 is 0. The Morgan fingerprint density at radius 2 is 1.91 bits per heavy atom. The zero-order valence-corrected chi connectivity index (χ0v) is 14.4. The molecule has 7 heteroatoms. The summed E-state index contributed by atoms with van der Waals surface area (Å²) in [6.07, 6.45) is 0.353. The molecule has 0 spiro atoms. The smallest absolute Gasteiger partial charge is 0.240 e. The Hall–Kier alpha value is -1.63. The number of carbonyl (C=O) groups excluding carboxylic acids is 2. The van der Waals surface area contributed by atoms with Gasteiger partial charge in [-0.3, -0.25) is 9.59 Å². The van der Waals surface area contributed by atoms with Gasteiger partial charge in [0.15, 0.2) is 0 Å². The number of hydrogen-bond acceptors (Lipinski definition) is 4. The average Bonchev–Trinajstić information content (AvgIpc) is 2.48. The highest BCUT2D eigenvalue weighted by molar-refractivity contribution is 5.94. The van der Waals surface area contributed by atoms with Gasteiger partial charge in [0.25, 0.3) is 0 Å². The monoisotopic (exact) mass is 340 g/mol. The number of halogens is 1. The third-order valence-electron chi connectivity index (χ3n) is 3.82. The van der Waals surface area contributed by atoms with Crippen LogP contribution in [0.3, 0.4) is 0 Å². The average molecular weight is 341 g/mol. The van der Waals surface area contributed by atoms with Gasteiger partial charge >= 0.3 is 0 Å². The number of amides is 2. The first-order chi connectivity index (χ1) is 10.5. The maximum absolute atomic E-state index is 12.3. The van der Waals surface area contributed by atoms with Crippen LogP contribution >= 0.6 is 12.4 Å². The maximum atomic E-state index is 12.3. The zero-order chi connectivity index (χ0) is 16.1. The van der Waals surface area contributed by atoms with Gasteiger partial charge in [-0.15, -0.1) is 12.4 Å². The third kappa shape index (κ3) is 5.82. The SMILES string of the molecule is CC(N)C(=O)Nc1cccc(CC(=O)N2CCN(C)CC2)c1.Cl. The lowest BCUT2D eigenvalue weighted by molar-refractivity contribution is -0.132. The van der Waals surface area contributed by atoms with Crippen molar-refractivity contribution in [3.63, 3.8) is 0 Å². The second-order valence-corrected chi connectivity index (χ2v) is 5.84. The van der Waals surface area contributed by atoms with Crippen LogP contribution in [0.1, 0.15) is 12.5 Å². The molecular formula is C16H25ClN4O2. The fourth-order valence-electron chi connectivity index (χ4n) is 2.36. The summed E-state index contributed by atoms with van der Waals surface area (Å²) in [7, 11) is 2.06. The molecule has 6 nitrogen and oxygen atoms in total. The molecule has 0 aliphatic carbocycles. The summed E-state index contributed by atoms with van der Waals surface area (Å²) in [4.78, 5) is 28.0. The number of hydrogen-bond donors (Lipinski definition) is 2. The van der Waals surface area contributed by atoms with E-state index in [9.17, 15) is 9.59 Å². The Balaban J connectivity index is 0.00000264. The van der Waals surface area contributed by atoms with E-state index in [1.807, 2.05) is 23.1 Å². The van der Waals surface area contributed by atoms with Gasteiger partial charge in [0.05, 0.1) is 12.5 Å². The quantitative estimate of drug-likeness (QED) is 0.846. The molecule has 1 heterocycles. The van der Waals surface area contributed by atoms with Crippen molar-refractivity contribution in [3.05, 3.63) is 29.8 Å². The van der Waals surface area contributed by atoms with E-state index in [0.29, 0.717) is 12.1 Å². The van der Waals surface area contributed by atoms with Crippen molar-refractivity contribution < 1.29 is 9.59 Å². The van der Waals surface area contributed by atoms with E-state index in [4.69, 9.17) is 5.73 Å². The van der Waals surface area contributed by atoms with Crippen LogP contribution in [0.4, 0.5) is 5.69 Å². The van der Waals surface area contributed by atoms with Gasteiger partial charge in [-0.05, 0) is 31.7 Å². The molecular weight excluding hydrogens is 316 g/mol. The van der Waals surface area contributed by atoms with E-state index >= 15 is 0 Å². The molecule has 1 aliphatic heterocycles. The first kappa shape index (κ1) is 19.4. The standard InChI is InChI=1S/C16H24N4O2.ClH/c1-12(17)16(22)18-14-5-3-4-13(10-14)11-15(21)20-8-6-19(2)7-9-20;/h3-5,10,12H,6-9,11,17H2,1-2H3,(H,18,22);1H. The Morgan fingerprint density at radius 1 is 1.26 bits per heavy atom. The molecule has 2 amide bonds. The van der Waals surface area contributed by atoms with E-state index in [1.165, 1.54) is 0 Å². The second-order valence-electron chi connectivity index (χ2n) is 5.84. The van der Waals surface area contributed by atoms with E-state index in [0.717, 1.165) is 31.7 Å². The van der Waals surface area contributed by atoms with Crippen molar-refractivity contribution in [1.82, 2.24) is 9.80 Å². The molecule has 1 fully saturated rings. The lowest BCUT2D eigenvalue weighted by Crippen LogP contribution is -2.47. The normalized spacial score (nSPS) is 16.4. The molecule has 2 rings (SSSR count). The van der Waals surface area contributed by atoms with Crippen molar-refractivity contribution >= 4 is 29.9 Å². The van der Waals surface area contributed by atoms with Gasteiger partial charge in [0.1, 0.15) is 0 Å². The summed E-state index contributed by atoms with van der Waals surface area (Å²) in [5, 5.41) is 2.74. The highest BCUT2D eigenvalue weighted by Gasteiger charge is 2.19. The molecule has 1 aliphatic rings. The predicted molar refractivity (Wildman–Crippen MR) is 93.8 cm³/mol. The number of nitrogens with two attached hydrogens (primary N) is 1. The van der Waals surface area contributed by atoms with Crippen molar-refractivity contribution in [3.8, 4) is 0 Å². The molecule has 0 bridgehead atoms. The van der Waals surface area contributed by atoms with Crippen LogP contribution < -0.4 is 11.1 Å². The van der Waals surface area contributed by atoms with Gasteiger partial charge in [0.2, 0.25) is 11.8 Å². The van der Waals surface area contributed by atoms with Crippen molar-refractivity contribution in [2.75, 3.05) is 38.5 Å². The van der Waals surface area contributed by atoms with Crippen molar-refractivity contribution in [2.24, 2.45) is 5.73 Å². The highest BCUT2D eigenvalue weighted by atomic mass is 35.5. The lowest BCUT2D eigenvalue weighted by atomic mass is 10.1. The predicted octanol–water partition coefficient (Wildman–Crippen LogP) is 0.711. The minimum atomic E-state index is -0.560. The van der Waals surface area contributed by atoms with Gasteiger partial charge < -0.3 is 20.9 Å². The minimum Gasteiger partial charge on any atom is -0.340 e. The molecule has 1 atom stereocenters. The topological polar surface area (TPSA) is 78.7 Å². The van der Waals surface area contributed by atoms with Crippen LogP contribution in [0.5, 0.6) is 0 Å². The van der Waals surface area contributed by atoms with Gasteiger partial charge in [0, 0.05) is 31.9 Å². The summed E-state index contributed by atoms with van der Waals surface area (Å²) >= 11 is 0. The largest absolute Gasteiger partial charge is 0.340 e. The minimum absolute atomic E-state index is 0. The number of piperazine rings is 1. The molecule has 0 saturated carbocycles. The highest BCUT2D eigenvalue weighted by Crippen LogP contribution is 2.13. The molecule has 0 radical (unpaired) electrons. The number of nitrogens with zero attached hydrogens (tertiary/aromatic N) is 2. The molecule has 3 N–H and O–H groups in total. The van der Waals surface area contributed by atoms with Crippen LogP contribution in [-0.4, -0.2) is 60.9 Å². The third-order valence-corrected chi connectivity index (χ3v) is 3.82. The number of nitrogens with one attached hydrogen (secondary N) is 1. The molecule has 1 unspecified atom stereocenters. The van der Waals surface area contributed by atoms with Gasteiger partial charge in [-0.1, -0.05) is 12.1 Å². The number of benzene rings is 1. The van der Waals surface area contributed by atoms with Crippen LogP contribution in [0, 0.1) is 0 Å². The summed E-state index contributed by atoms with van der Waals surface area (Å²) in [5.41, 5.74) is 7.10. The summed E-state index contributed by atoms with van der Waals surface area (Å²) in [5.74, 6) is -0.105. The van der Waals surface area contributed by atoms with Crippen molar-refractivity contribution in [2.45, 2.75) is 19.4 Å². The lowest BCUT2D eigenvalue weighted by Gasteiger charge is -2.32. The van der Waals surface area contributed by atoms with E-state index in [2.05, 4.69) is 17.3 Å². The van der Waals surface area contributed by atoms with E-state index in [1.54, 1.807) is 13.0 Å². The Bertz CT molecular complexity index is 543. The number of rotatable bonds is 4. The Morgan fingerprint density at radius 3 is 2.52 bits per heavy atom. The first-order valence-electron chi connectivity index (χ1n) is 7.57. The van der Waals surface area contributed by atoms with Crippen LogP contribution in [-0.2, 0) is 16.0 Å². The van der Waals surface area contributed by atoms with Gasteiger partial charge in [-0.25, -0.2) is 0 Å². The Kier molecular flexibility index (Phi) is 7.48. The molecule has 23 heavy (non-hydrogen) atoms. The zero-order valence-electron chi connectivity index (χ0n) is 13.6. The fourth-order valence-corrected chi connectivity index (χ4v) is 2.36. The number of carbonyl (C=O) groups is 2. The van der Waals surface area contributed by atoms with E-state index in [-0.39, 0.29) is 24.2 Å². The molecule has 128 valence electrons. The summed E-state index contributed by atoms with van der Waals surface area (Å²) in [6.45, 7) is 5.01. The molecule has 1 aromatic rings. The Labute approximate surface area is 143 Å². The molecule has 1 aromatic carbocycles.